The van der Waals surface area contributed by atoms with E-state index in [1.807, 2.05) is 72.9 Å². The zero-order chi connectivity index (χ0) is 62.3. The monoisotopic (exact) mass is 1160 g/mol. The van der Waals surface area contributed by atoms with Crippen molar-refractivity contribution in [1.29, 1.82) is 0 Å². The fourth-order valence-corrected chi connectivity index (χ4v) is 13.3. The maximum atomic E-state index is 5.69. The van der Waals surface area contributed by atoms with Gasteiger partial charge in [0.25, 0.3) is 0 Å². The molecule has 0 aliphatic carbocycles. The average Bonchev–Trinajstić information content (AvgIpc) is 2.78. The summed E-state index contributed by atoms with van der Waals surface area (Å²) in [4.78, 5) is 19.3. The van der Waals surface area contributed by atoms with Crippen LogP contribution in [-0.2, 0) is 0 Å². The van der Waals surface area contributed by atoms with Crippen molar-refractivity contribution in [3.05, 3.63) is 296 Å². The van der Waals surface area contributed by atoms with Crippen molar-refractivity contribution in [2.45, 2.75) is 0 Å². The smallest absolute Gasteiger partial charge is 0.133 e. The molecule has 0 atom stereocenters. The quantitative estimate of drug-likeness (QED) is 0.0326. The van der Waals surface area contributed by atoms with Gasteiger partial charge in [0.15, 0.2) is 0 Å². The summed E-state index contributed by atoms with van der Waals surface area (Å²) in [6, 6.07) is 44.3. The van der Waals surface area contributed by atoms with Crippen molar-refractivity contribution >= 4 is 69.1 Å². The van der Waals surface area contributed by atoms with Crippen LogP contribution in [-0.4, -0.2) is 98.5 Å². The van der Waals surface area contributed by atoms with Crippen molar-refractivity contribution in [2.24, 2.45) is 0 Å². The van der Waals surface area contributed by atoms with E-state index >= 15 is 0 Å². The van der Waals surface area contributed by atoms with Crippen molar-refractivity contribution in [1.82, 2.24) is 37.9 Å². The fourth-order valence-electron chi connectivity index (χ4n) is 13.3. The number of H-pyrrole nitrogens is 2. The van der Waals surface area contributed by atoms with Crippen LogP contribution in [0.15, 0.2) is 273 Å². The van der Waals surface area contributed by atoms with Crippen LogP contribution in [0.1, 0.15) is 22.8 Å². The molecule has 88 heavy (non-hydrogen) atoms. The van der Waals surface area contributed by atoms with Gasteiger partial charge in [-0.25, -0.2) is 9.97 Å². The number of aromatic nitrogens is 4. The lowest BCUT2D eigenvalue weighted by atomic mass is 10.0. The van der Waals surface area contributed by atoms with E-state index in [0.29, 0.717) is 17.9 Å². The Labute approximate surface area is 523 Å². The van der Waals surface area contributed by atoms with Crippen molar-refractivity contribution < 1.29 is 0 Å². The minimum absolute atomic E-state index is 0.619. The molecule has 0 radical (unpaired) electrons. The number of aromatic amines is 2. The van der Waals surface area contributed by atoms with Gasteiger partial charge in [0.2, 0.25) is 0 Å². The van der Waals surface area contributed by atoms with Crippen LogP contribution >= 0.6 is 0 Å². The first-order chi connectivity index (χ1) is 42.9. The topological polar surface area (TPSA) is 57.4 Å². The second-order valence-electron chi connectivity index (χ2n) is 22.9. The zero-order valence-corrected chi connectivity index (χ0v) is 51.4. The normalized spacial score (nSPS) is 12.2. The number of rotatable bonds is 32. The molecule has 0 amide bonds. The Balaban J connectivity index is 1.40. The largest absolute Gasteiger partial charge is 0.354 e. The van der Waals surface area contributed by atoms with Crippen molar-refractivity contribution in [3.63, 3.8) is 0 Å². The summed E-state index contributed by atoms with van der Waals surface area (Å²) in [5.41, 5.74) is 19.3. The number of nitrogens with zero attached hydrogens (tertiary/aromatic N) is 6. The van der Waals surface area contributed by atoms with Gasteiger partial charge in [-0.3, -0.25) is 17.9 Å². The van der Waals surface area contributed by atoms with Crippen LogP contribution in [0, 0.1) is 0 Å². The first kappa shape index (κ1) is 62.7. The molecule has 9 rings (SSSR count). The van der Waals surface area contributed by atoms with E-state index < -0.39 is 0 Å². The van der Waals surface area contributed by atoms with Gasteiger partial charge in [0.1, 0.15) is 101 Å². The molecule has 0 saturated heterocycles. The highest BCUT2D eigenvalue weighted by molar-refractivity contribution is 6.00. The van der Waals surface area contributed by atoms with Crippen LogP contribution in [0.4, 0.5) is 22.7 Å². The standard InChI is InChI=1S/C80H86N8/c1-13-49-85(50-14-2,51-15-3)65-33-25-61(26-34-65)77-69-41-43-71(81-69)78(62-27-35-66(36-28-62)86(52-16-4,53-17-5)54-18-6)73-45-47-75(83-73)80(64-31-39-68(40-32-64)88(58-22-10,59-23-11)60-24-12)76-48-46-74(84-76)79(72-44-42-70(77)82-72)63-29-37-67(38-30-63)87(55-19-7,56-20-8)57-21-9/h13-48,81,84H,1-12,49-60H2/q+4. The molecule has 0 spiro atoms. The number of fused-ring (bicyclic) bond motifs is 8. The highest BCUT2D eigenvalue weighted by atomic mass is 15.4. The third kappa shape index (κ3) is 12.4. The zero-order valence-electron chi connectivity index (χ0n) is 51.4. The van der Waals surface area contributed by atoms with Crippen molar-refractivity contribution in [2.75, 3.05) is 78.5 Å². The lowest BCUT2D eigenvalue weighted by molar-refractivity contribution is 0.365. The summed E-state index contributed by atoms with van der Waals surface area (Å²) in [5.74, 6) is 0. The highest BCUT2D eigenvalue weighted by Crippen LogP contribution is 2.41. The molecule has 2 N–H and O–H groups in total. The lowest BCUT2D eigenvalue weighted by Crippen LogP contribution is -2.49. The molecule has 2 aliphatic rings. The first-order valence-electron chi connectivity index (χ1n) is 30.3. The predicted octanol–water partition coefficient (Wildman–Crippen LogP) is 18.8. The van der Waals surface area contributed by atoms with E-state index in [2.05, 4.69) is 235 Å². The third-order valence-electron chi connectivity index (χ3n) is 17.3. The molecule has 8 heteroatoms. The molecule has 442 valence electrons. The van der Waals surface area contributed by atoms with Crippen LogP contribution in [0.25, 0.3) is 90.9 Å². The molecule has 3 aromatic heterocycles. The molecule has 8 bridgehead atoms. The SMILES string of the molecule is C=CC[N+](CC=C)(CC=C)c1ccc(-c2c3nc(c(-c4ccc([N+](CC=C)(CC=C)CC=C)cc4)c4ccc([nH]4)c(-c4ccc([N+](CC=C)(CC=C)CC=C)cc4)c4nc(c(-c5ccc([N+](CC=C)(CC=C)CC=C)cc5)c5ccc2[nH]5)C=C4)C=C3)cc1. The van der Waals surface area contributed by atoms with E-state index in [1.165, 1.54) is 0 Å². The number of quaternary nitrogens is 4. The molecule has 4 aromatic carbocycles. The predicted molar refractivity (Wildman–Crippen MR) is 389 cm³/mol. The molecule has 0 unspecified atom stereocenters. The second-order valence-corrected chi connectivity index (χ2v) is 22.9. The van der Waals surface area contributed by atoms with Gasteiger partial charge in [-0.05, 0) is 241 Å². The van der Waals surface area contributed by atoms with Gasteiger partial charge in [-0.1, -0.05) is 78.9 Å². The van der Waals surface area contributed by atoms with Gasteiger partial charge in [0.05, 0.1) is 22.8 Å². The van der Waals surface area contributed by atoms with E-state index in [1.54, 1.807) is 0 Å². The third-order valence-corrected chi connectivity index (χ3v) is 17.3. The Kier molecular flexibility index (Phi) is 20.1. The Bertz CT molecular complexity index is 3420. The highest BCUT2D eigenvalue weighted by Gasteiger charge is 2.31. The average molecular weight is 1160 g/mol. The molecular weight excluding hydrogens is 1070 g/mol. The number of nitrogens with one attached hydrogen (secondary N) is 2. The summed E-state index contributed by atoms with van der Waals surface area (Å²) in [5, 5.41) is 0. The minimum Gasteiger partial charge on any atom is -0.354 e. The molecule has 2 aliphatic heterocycles. The molecule has 7 aromatic rings. The lowest BCUT2D eigenvalue weighted by Gasteiger charge is -2.35. The second kappa shape index (κ2) is 28.1. The van der Waals surface area contributed by atoms with Gasteiger partial charge < -0.3 is 9.97 Å². The number of hydrogen-bond donors (Lipinski definition) is 2. The van der Waals surface area contributed by atoms with Crippen LogP contribution in [0.5, 0.6) is 0 Å². The van der Waals surface area contributed by atoms with Gasteiger partial charge in [-0.2, -0.15) is 0 Å². The summed E-state index contributed by atoms with van der Waals surface area (Å²) >= 11 is 0. The Morgan fingerprint density at radius 3 is 0.545 bits per heavy atom. The fraction of sp³-hybridized carbons (Fsp3) is 0.150. The summed E-state index contributed by atoms with van der Waals surface area (Å²) in [7, 11) is 0. The van der Waals surface area contributed by atoms with E-state index in [0.717, 1.165) is 191 Å². The van der Waals surface area contributed by atoms with E-state index in [-0.39, 0.29) is 0 Å². The van der Waals surface area contributed by atoms with E-state index in [9.17, 15) is 0 Å². The van der Waals surface area contributed by atoms with E-state index in [4.69, 9.17) is 9.97 Å². The summed E-state index contributed by atoms with van der Waals surface area (Å²) in [6.45, 7) is 58.5. The first-order valence-corrected chi connectivity index (χ1v) is 30.3. The minimum atomic E-state index is 0.619. The van der Waals surface area contributed by atoms with Gasteiger partial charge >= 0.3 is 0 Å². The van der Waals surface area contributed by atoms with Gasteiger partial charge in [0, 0.05) is 44.3 Å². The Morgan fingerprint density at radius 1 is 0.239 bits per heavy atom. The molecule has 0 fully saturated rings. The summed E-state index contributed by atoms with van der Waals surface area (Å²) in [6.07, 6.45) is 32.4. The molecule has 5 heterocycles. The Hall–Kier alpha value is -9.80. The van der Waals surface area contributed by atoms with Crippen molar-refractivity contribution in [3.8, 4) is 44.5 Å². The number of hydrogen-bond acceptors (Lipinski definition) is 2. The maximum Gasteiger partial charge on any atom is 0.133 e. The maximum absolute atomic E-state index is 5.69. The number of benzene rings is 4. The van der Waals surface area contributed by atoms with Crippen LogP contribution in [0.2, 0.25) is 0 Å². The summed E-state index contributed by atoms with van der Waals surface area (Å²) < 4.78 is 2.48. The van der Waals surface area contributed by atoms with Gasteiger partial charge in [-0.15, -0.1) is 0 Å². The van der Waals surface area contributed by atoms with Crippen LogP contribution in [0.3, 0.4) is 0 Å². The Morgan fingerprint density at radius 2 is 0.398 bits per heavy atom. The molecule has 8 nitrogen and oxygen atoms in total. The molecular formula is C80H86N8+4. The van der Waals surface area contributed by atoms with Crippen LogP contribution < -0.4 is 17.9 Å². The molecule has 0 saturated carbocycles.